The fourth-order valence-electron chi connectivity index (χ4n) is 3.10. The number of aromatic nitrogens is 1. The topological polar surface area (TPSA) is 105 Å². The third-order valence-electron chi connectivity index (χ3n) is 4.43. The lowest BCUT2D eigenvalue weighted by molar-refractivity contribution is -0.387. The van der Waals surface area contributed by atoms with E-state index in [1.54, 1.807) is 12.3 Å². The molecule has 138 valence electrons. The summed E-state index contributed by atoms with van der Waals surface area (Å²) in [5, 5.41) is 14.4. The summed E-state index contributed by atoms with van der Waals surface area (Å²) in [7, 11) is -3.68. The first-order valence-corrected chi connectivity index (χ1v) is 10.1. The molecule has 1 saturated heterocycles. The lowest BCUT2D eigenvalue weighted by Gasteiger charge is -2.19. The van der Waals surface area contributed by atoms with Crippen molar-refractivity contribution in [1.82, 2.24) is 4.98 Å². The largest absolute Gasteiger partial charge is 0.371 e. The van der Waals surface area contributed by atoms with Crippen molar-refractivity contribution in [2.75, 3.05) is 36.1 Å². The highest BCUT2D eigenvalue weighted by Gasteiger charge is 2.27. The van der Waals surface area contributed by atoms with Gasteiger partial charge in [0.2, 0.25) is 0 Å². The van der Waals surface area contributed by atoms with Gasteiger partial charge in [-0.05, 0) is 36.6 Å². The van der Waals surface area contributed by atoms with Gasteiger partial charge in [-0.2, -0.15) is 0 Å². The standard InChI is InChI=1S/C17H20N4O4S/c1-26(24,25)16-10-14(5-6-15(16)21(22)23)20-9-7-13(12-20)11-19-17-4-2-3-8-18-17/h2-6,8,10,13H,7,9,11-12H2,1H3,(H,18,19). The fraction of sp³-hybridized carbons (Fsp3) is 0.353. The Bertz CT molecular complexity index is 902. The zero-order valence-electron chi connectivity index (χ0n) is 14.3. The molecule has 8 nitrogen and oxygen atoms in total. The minimum absolute atomic E-state index is 0.241. The number of hydrogen-bond acceptors (Lipinski definition) is 7. The number of rotatable bonds is 6. The maximum atomic E-state index is 11.9. The number of nitrogens with zero attached hydrogens (tertiary/aromatic N) is 3. The number of sulfone groups is 1. The highest BCUT2D eigenvalue weighted by molar-refractivity contribution is 7.90. The molecule has 26 heavy (non-hydrogen) atoms. The third kappa shape index (κ3) is 4.10. The molecular formula is C17H20N4O4S. The van der Waals surface area contributed by atoms with E-state index in [9.17, 15) is 18.5 Å². The van der Waals surface area contributed by atoms with Crippen molar-refractivity contribution < 1.29 is 13.3 Å². The van der Waals surface area contributed by atoms with Crippen molar-refractivity contribution in [2.24, 2.45) is 5.92 Å². The number of anilines is 2. The normalized spacial score (nSPS) is 17.3. The van der Waals surface area contributed by atoms with E-state index in [1.165, 1.54) is 12.1 Å². The predicted octanol–water partition coefficient (Wildman–Crippen LogP) is 2.33. The first-order chi connectivity index (χ1) is 12.3. The lowest BCUT2D eigenvalue weighted by Crippen LogP contribution is -2.23. The molecule has 0 spiro atoms. The Morgan fingerprint density at radius 2 is 2.15 bits per heavy atom. The molecule has 0 amide bonds. The first-order valence-electron chi connectivity index (χ1n) is 8.23. The fourth-order valence-corrected chi connectivity index (χ4v) is 3.95. The van der Waals surface area contributed by atoms with Gasteiger partial charge in [-0.1, -0.05) is 6.07 Å². The molecule has 9 heteroatoms. The number of nitro groups is 1. The highest BCUT2D eigenvalue weighted by Crippen LogP contribution is 2.31. The van der Waals surface area contributed by atoms with E-state index in [0.29, 0.717) is 11.6 Å². The molecule has 1 aromatic heterocycles. The van der Waals surface area contributed by atoms with Crippen molar-refractivity contribution in [3.05, 3.63) is 52.7 Å². The third-order valence-corrected chi connectivity index (χ3v) is 5.55. The van der Waals surface area contributed by atoms with Crippen LogP contribution < -0.4 is 10.2 Å². The number of pyridine rings is 1. The quantitative estimate of drug-likeness (QED) is 0.609. The SMILES string of the molecule is CS(=O)(=O)c1cc(N2CCC(CNc3ccccn3)C2)ccc1[N+](=O)[O-]. The van der Waals surface area contributed by atoms with Crippen LogP contribution in [0.5, 0.6) is 0 Å². The van der Waals surface area contributed by atoms with Crippen LogP contribution >= 0.6 is 0 Å². The van der Waals surface area contributed by atoms with Crippen LogP contribution in [0.15, 0.2) is 47.5 Å². The summed E-state index contributed by atoms with van der Waals surface area (Å²) in [5.74, 6) is 1.20. The molecule has 0 aliphatic carbocycles. The Hall–Kier alpha value is -2.68. The van der Waals surface area contributed by atoms with Crippen LogP contribution in [0.25, 0.3) is 0 Å². The molecule has 1 aliphatic rings. The van der Waals surface area contributed by atoms with Gasteiger partial charge < -0.3 is 10.2 Å². The number of nitro benzene ring substituents is 1. The summed E-state index contributed by atoms with van der Waals surface area (Å²) in [6, 6.07) is 9.96. The summed E-state index contributed by atoms with van der Waals surface area (Å²) >= 11 is 0. The van der Waals surface area contributed by atoms with E-state index in [2.05, 4.69) is 15.2 Å². The van der Waals surface area contributed by atoms with Crippen LogP contribution in [0.2, 0.25) is 0 Å². The summed E-state index contributed by atoms with van der Waals surface area (Å²) in [6.07, 6.45) is 3.67. The van der Waals surface area contributed by atoms with E-state index < -0.39 is 14.8 Å². The Labute approximate surface area is 151 Å². The van der Waals surface area contributed by atoms with Crippen molar-refractivity contribution in [3.63, 3.8) is 0 Å². The summed E-state index contributed by atoms with van der Waals surface area (Å²) < 4.78 is 23.8. The van der Waals surface area contributed by atoms with Crippen LogP contribution in [-0.4, -0.2) is 44.2 Å². The van der Waals surface area contributed by atoms with Gasteiger partial charge in [-0.3, -0.25) is 10.1 Å². The van der Waals surface area contributed by atoms with E-state index in [1.807, 2.05) is 18.2 Å². The molecule has 1 aliphatic heterocycles. The van der Waals surface area contributed by atoms with E-state index in [4.69, 9.17) is 0 Å². The number of benzene rings is 1. The van der Waals surface area contributed by atoms with Gasteiger partial charge in [0.15, 0.2) is 9.84 Å². The first kappa shape index (κ1) is 18.1. The number of nitrogens with one attached hydrogen (secondary N) is 1. The van der Waals surface area contributed by atoms with Gasteiger partial charge in [-0.25, -0.2) is 13.4 Å². The second kappa shape index (κ2) is 7.28. The molecule has 2 heterocycles. The van der Waals surface area contributed by atoms with Crippen molar-refractivity contribution in [3.8, 4) is 0 Å². The molecule has 0 bridgehead atoms. The van der Waals surface area contributed by atoms with Crippen molar-refractivity contribution in [2.45, 2.75) is 11.3 Å². The molecule has 0 radical (unpaired) electrons. The van der Waals surface area contributed by atoms with Gasteiger partial charge in [-0.15, -0.1) is 0 Å². The smallest absolute Gasteiger partial charge is 0.288 e. The zero-order chi connectivity index (χ0) is 18.7. The average molecular weight is 376 g/mol. The van der Waals surface area contributed by atoms with Gasteiger partial charge in [0, 0.05) is 43.8 Å². The summed E-state index contributed by atoms with van der Waals surface area (Å²) in [4.78, 5) is 16.5. The summed E-state index contributed by atoms with van der Waals surface area (Å²) in [5.41, 5.74) is 0.306. The van der Waals surface area contributed by atoms with Gasteiger partial charge in [0.1, 0.15) is 10.7 Å². The maximum absolute atomic E-state index is 11.9. The Balaban J connectivity index is 1.71. The predicted molar refractivity (Wildman–Crippen MR) is 99.3 cm³/mol. The Morgan fingerprint density at radius 1 is 1.35 bits per heavy atom. The lowest BCUT2D eigenvalue weighted by atomic mass is 10.1. The molecule has 1 fully saturated rings. The van der Waals surface area contributed by atoms with Crippen molar-refractivity contribution >= 4 is 27.0 Å². The zero-order valence-corrected chi connectivity index (χ0v) is 15.1. The minimum Gasteiger partial charge on any atom is -0.371 e. The van der Waals surface area contributed by atoms with Crippen LogP contribution in [-0.2, 0) is 9.84 Å². The van der Waals surface area contributed by atoms with E-state index in [0.717, 1.165) is 38.1 Å². The average Bonchev–Trinajstić information content (AvgIpc) is 3.08. The maximum Gasteiger partial charge on any atom is 0.288 e. The van der Waals surface area contributed by atoms with Crippen LogP contribution in [0.3, 0.4) is 0 Å². The molecule has 1 aromatic carbocycles. The second-order valence-electron chi connectivity index (χ2n) is 6.38. The highest BCUT2D eigenvalue weighted by atomic mass is 32.2. The Kier molecular flexibility index (Phi) is 5.08. The molecule has 0 saturated carbocycles. The Morgan fingerprint density at radius 3 is 2.81 bits per heavy atom. The molecule has 1 N–H and O–H groups in total. The van der Waals surface area contributed by atoms with Gasteiger partial charge >= 0.3 is 0 Å². The monoisotopic (exact) mass is 376 g/mol. The van der Waals surface area contributed by atoms with E-state index in [-0.39, 0.29) is 10.6 Å². The molecule has 3 rings (SSSR count). The van der Waals surface area contributed by atoms with Crippen LogP contribution in [0.1, 0.15) is 6.42 Å². The minimum atomic E-state index is -3.68. The molecule has 1 unspecified atom stereocenters. The number of hydrogen-bond donors (Lipinski definition) is 1. The van der Waals surface area contributed by atoms with Gasteiger partial charge in [0.25, 0.3) is 5.69 Å². The molecule has 1 atom stereocenters. The van der Waals surface area contributed by atoms with E-state index >= 15 is 0 Å². The van der Waals surface area contributed by atoms with Crippen LogP contribution in [0, 0.1) is 16.0 Å². The van der Waals surface area contributed by atoms with Crippen LogP contribution in [0.4, 0.5) is 17.2 Å². The molecule has 2 aromatic rings. The summed E-state index contributed by atoms with van der Waals surface area (Å²) in [6.45, 7) is 2.29. The van der Waals surface area contributed by atoms with Gasteiger partial charge in [0.05, 0.1) is 4.92 Å². The second-order valence-corrected chi connectivity index (χ2v) is 8.36. The van der Waals surface area contributed by atoms with Crippen molar-refractivity contribution in [1.29, 1.82) is 0 Å². The molecular weight excluding hydrogens is 356 g/mol.